The predicted octanol–water partition coefficient (Wildman–Crippen LogP) is 0.120. The van der Waals surface area contributed by atoms with Crippen LogP contribution in [-0.4, -0.2) is 33.5 Å². The molecule has 2 rings (SSSR count). The third-order valence-corrected chi connectivity index (χ3v) is 2.73. The largest absolute Gasteiger partial charge is 0.399 e. The maximum atomic E-state index is 12.2. The lowest BCUT2D eigenvalue weighted by Crippen LogP contribution is -2.37. The van der Waals surface area contributed by atoms with Crippen molar-refractivity contribution in [1.82, 2.24) is 15.1 Å². The number of hydrogen-bond acceptors (Lipinski definition) is 4. The topological polar surface area (TPSA) is 118 Å². The Balaban J connectivity index is 2.17. The summed E-state index contributed by atoms with van der Waals surface area (Å²) in [6.45, 7) is 0.113. The molecule has 5 N–H and O–H groups in total. The Kier molecular flexibility index (Phi) is 3.99. The van der Waals surface area contributed by atoms with Gasteiger partial charge in [0, 0.05) is 18.4 Å². The highest BCUT2D eigenvalue weighted by Crippen LogP contribution is 2.11. The first-order valence-corrected chi connectivity index (χ1v) is 5.97. The molecule has 20 heavy (non-hydrogen) atoms. The van der Waals surface area contributed by atoms with Gasteiger partial charge in [-0.1, -0.05) is 12.1 Å². The number of primary amides is 1. The summed E-state index contributed by atoms with van der Waals surface area (Å²) >= 11 is 0. The van der Waals surface area contributed by atoms with Gasteiger partial charge in [-0.05, 0) is 17.7 Å². The number of nitrogens with two attached hydrogens (primary N) is 2. The van der Waals surface area contributed by atoms with Gasteiger partial charge in [-0.3, -0.25) is 14.7 Å². The van der Waals surface area contributed by atoms with Crippen LogP contribution in [0.2, 0.25) is 0 Å². The lowest BCUT2D eigenvalue weighted by atomic mass is 10.2. The highest BCUT2D eigenvalue weighted by Gasteiger charge is 2.18. The van der Waals surface area contributed by atoms with Gasteiger partial charge < -0.3 is 16.4 Å². The molecule has 1 heterocycles. The second-order valence-electron chi connectivity index (χ2n) is 4.36. The van der Waals surface area contributed by atoms with E-state index < -0.39 is 5.91 Å². The van der Waals surface area contributed by atoms with E-state index in [-0.39, 0.29) is 19.0 Å². The molecule has 2 amide bonds. The number of nitrogens with one attached hydrogen (secondary N) is 1. The van der Waals surface area contributed by atoms with E-state index >= 15 is 0 Å². The van der Waals surface area contributed by atoms with Gasteiger partial charge in [0.1, 0.15) is 0 Å². The molecular weight excluding hydrogens is 258 g/mol. The summed E-state index contributed by atoms with van der Waals surface area (Å²) in [6.07, 6.45) is 2.87. The number of H-pyrrole nitrogens is 1. The number of hydrogen-bond donors (Lipinski definition) is 3. The van der Waals surface area contributed by atoms with Gasteiger partial charge >= 0.3 is 0 Å². The number of amides is 2. The van der Waals surface area contributed by atoms with Gasteiger partial charge in [-0.2, -0.15) is 5.10 Å². The maximum absolute atomic E-state index is 12.2. The minimum absolute atomic E-state index is 0.158. The first-order valence-electron chi connectivity index (χ1n) is 5.97. The van der Waals surface area contributed by atoms with Gasteiger partial charge in [0.15, 0.2) is 0 Å². The molecule has 1 aromatic carbocycles. The lowest BCUT2D eigenvalue weighted by molar-refractivity contribution is -0.118. The van der Waals surface area contributed by atoms with E-state index in [1.54, 1.807) is 24.3 Å². The van der Waals surface area contributed by atoms with Crippen LogP contribution < -0.4 is 11.5 Å². The predicted molar refractivity (Wildman–Crippen MR) is 73.4 cm³/mol. The zero-order chi connectivity index (χ0) is 14.5. The van der Waals surface area contributed by atoms with Crippen molar-refractivity contribution >= 4 is 17.5 Å². The number of rotatable bonds is 5. The fraction of sp³-hybridized carbons (Fsp3) is 0.154. The van der Waals surface area contributed by atoms with Crippen molar-refractivity contribution < 1.29 is 9.59 Å². The number of carbonyl (C=O) groups excluding carboxylic acids is 2. The van der Waals surface area contributed by atoms with Crippen molar-refractivity contribution in [1.29, 1.82) is 0 Å². The van der Waals surface area contributed by atoms with Crippen molar-refractivity contribution in [2.45, 2.75) is 6.54 Å². The number of benzene rings is 1. The summed E-state index contributed by atoms with van der Waals surface area (Å²) in [5.41, 5.74) is 12.7. The van der Waals surface area contributed by atoms with E-state index in [1.165, 1.54) is 17.3 Å². The standard InChI is InChI=1S/C13H15N5O2/c14-11-3-1-9(2-4-11)7-18(8-12(15)19)13(20)10-5-16-17-6-10/h1-6H,7-8,14H2,(H2,15,19)(H,16,17). The Morgan fingerprint density at radius 3 is 2.50 bits per heavy atom. The number of anilines is 1. The summed E-state index contributed by atoms with van der Waals surface area (Å²) in [7, 11) is 0. The molecule has 0 aliphatic rings. The van der Waals surface area contributed by atoms with Crippen LogP contribution in [0.4, 0.5) is 5.69 Å². The van der Waals surface area contributed by atoms with Crippen LogP contribution in [0.3, 0.4) is 0 Å². The molecule has 2 aromatic rings. The highest BCUT2D eigenvalue weighted by molar-refractivity contribution is 5.95. The van der Waals surface area contributed by atoms with E-state index in [0.717, 1.165) is 5.56 Å². The fourth-order valence-electron chi connectivity index (χ4n) is 1.78. The van der Waals surface area contributed by atoms with E-state index in [4.69, 9.17) is 11.5 Å². The molecule has 0 saturated heterocycles. The monoisotopic (exact) mass is 273 g/mol. The minimum Gasteiger partial charge on any atom is -0.399 e. The summed E-state index contributed by atoms with van der Waals surface area (Å²) in [6, 6.07) is 7.07. The molecule has 0 saturated carbocycles. The molecule has 0 unspecified atom stereocenters. The Labute approximate surface area is 115 Å². The number of nitrogen functional groups attached to an aromatic ring is 1. The smallest absolute Gasteiger partial charge is 0.257 e. The average molecular weight is 273 g/mol. The fourth-order valence-corrected chi connectivity index (χ4v) is 1.78. The molecule has 104 valence electrons. The molecule has 7 heteroatoms. The zero-order valence-electron chi connectivity index (χ0n) is 10.7. The van der Waals surface area contributed by atoms with Gasteiger partial charge in [0.05, 0.1) is 18.3 Å². The van der Waals surface area contributed by atoms with Crippen molar-refractivity contribution in [3.05, 3.63) is 47.8 Å². The maximum Gasteiger partial charge on any atom is 0.257 e. The van der Waals surface area contributed by atoms with E-state index in [9.17, 15) is 9.59 Å². The van der Waals surface area contributed by atoms with Gasteiger partial charge in [0.2, 0.25) is 5.91 Å². The van der Waals surface area contributed by atoms with Crippen molar-refractivity contribution in [3.63, 3.8) is 0 Å². The number of carbonyl (C=O) groups is 2. The van der Waals surface area contributed by atoms with Crippen LogP contribution in [0, 0.1) is 0 Å². The Hall–Kier alpha value is -2.83. The van der Waals surface area contributed by atoms with Gasteiger partial charge in [0.25, 0.3) is 5.91 Å². The van der Waals surface area contributed by atoms with Crippen LogP contribution in [-0.2, 0) is 11.3 Å². The quantitative estimate of drug-likeness (QED) is 0.670. The Bertz CT molecular complexity index is 592. The molecule has 0 radical (unpaired) electrons. The molecule has 0 bridgehead atoms. The first-order chi connectivity index (χ1) is 9.56. The van der Waals surface area contributed by atoms with Crippen LogP contribution in [0.25, 0.3) is 0 Å². The minimum atomic E-state index is -0.572. The van der Waals surface area contributed by atoms with Crippen LogP contribution in [0.5, 0.6) is 0 Å². The summed E-state index contributed by atoms with van der Waals surface area (Å²) < 4.78 is 0. The van der Waals surface area contributed by atoms with Crippen molar-refractivity contribution in [3.8, 4) is 0 Å². The second kappa shape index (κ2) is 5.87. The van der Waals surface area contributed by atoms with Crippen LogP contribution in [0.1, 0.15) is 15.9 Å². The molecule has 0 aliphatic heterocycles. The highest BCUT2D eigenvalue weighted by atomic mass is 16.2. The molecule has 7 nitrogen and oxygen atoms in total. The number of aromatic nitrogens is 2. The van der Waals surface area contributed by atoms with E-state index in [1.807, 2.05) is 0 Å². The molecule has 0 spiro atoms. The first kappa shape index (κ1) is 13.6. The SMILES string of the molecule is NC(=O)CN(Cc1ccc(N)cc1)C(=O)c1cn[nH]c1. The average Bonchev–Trinajstić information content (AvgIpc) is 2.93. The zero-order valence-corrected chi connectivity index (χ0v) is 10.7. The lowest BCUT2D eigenvalue weighted by Gasteiger charge is -2.20. The second-order valence-corrected chi connectivity index (χ2v) is 4.36. The molecule has 0 fully saturated rings. The van der Waals surface area contributed by atoms with E-state index in [2.05, 4.69) is 10.2 Å². The summed E-state index contributed by atoms with van der Waals surface area (Å²) in [4.78, 5) is 24.7. The summed E-state index contributed by atoms with van der Waals surface area (Å²) in [5.74, 6) is -0.883. The Morgan fingerprint density at radius 1 is 1.25 bits per heavy atom. The van der Waals surface area contributed by atoms with Crippen molar-refractivity contribution in [2.75, 3.05) is 12.3 Å². The van der Waals surface area contributed by atoms with Gasteiger partial charge in [-0.25, -0.2) is 0 Å². The third kappa shape index (κ3) is 3.35. The number of aromatic amines is 1. The normalized spacial score (nSPS) is 10.2. The van der Waals surface area contributed by atoms with Crippen LogP contribution in [0.15, 0.2) is 36.7 Å². The summed E-state index contributed by atoms with van der Waals surface area (Å²) in [5, 5.41) is 6.28. The molecular formula is C13H15N5O2. The molecule has 1 aromatic heterocycles. The van der Waals surface area contributed by atoms with Crippen molar-refractivity contribution in [2.24, 2.45) is 5.73 Å². The van der Waals surface area contributed by atoms with Crippen LogP contribution >= 0.6 is 0 Å². The third-order valence-electron chi connectivity index (χ3n) is 2.73. The van der Waals surface area contributed by atoms with E-state index in [0.29, 0.717) is 11.3 Å². The Morgan fingerprint density at radius 2 is 1.95 bits per heavy atom. The van der Waals surface area contributed by atoms with Gasteiger partial charge in [-0.15, -0.1) is 0 Å². The number of nitrogens with zero attached hydrogens (tertiary/aromatic N) is 2. The molecule has 0 atom stereocenters. The molecule has 0 aliphatic carbocycles.